The molecule has 0 bridgehead atoms. The van der Waals surface area contributed by atoms with E-state index >= 15 is 0 Å². The maximum Gasteiger partial charge on any atom is 0.251 e. The fourth-order valence-electron chi connectivity index (χ4n) is 3.77. The molecule has 2 aromatic rings. The van der Waals surface area contributed by atoms with Crippen LogP contribution in [0.3, 0.4) is 0 Å². The SMILES string of the molecule is Cc1ccc(C(=O)NC(c2ccccc2F)C2CCCC2)cc1NS(C)(=O)=O. The molecule has 0 radical (unpaired) electrons. The first-order valence-electron chi connectivity index (χ1n) is 9.38. The van der Waals surface area contributed by atoms with Gasteiger partial charge in [0, 0.05) is 11.1 Å². The van der Waals surface area contributed by atoms with Crippen LogP contribution in [0.2, 0.25) is 0 Å². The first-order chi connectivity index (χ1) is 13.2. The summed E-state index contributed by atoms with van der Waals surface area (Å²) >= 11 is 0. The van der Waals surface area contributed by atoms with Crippen LogP contribution in [-0.4, -0.2) is 20.6 Å². The third-order valence-corrected chi connectivity index (χ3v) is 5.78. The molecule has 0 saturated heterocycles. The number of anilines is 1. The summed E-state index contributed by atoms with van der Waals surface area (Å²) in [5, 5.41) is 2.99. The number of benzene rings is 2. The van der Waals surface area contributed by atoms with Crippen molar-refractivity contribution < 1.29 is 17.6 Å². The van der Waals surface area contributed by atoms with E-state index in [1.807, 2.05) is 0 Å². The highest BCUT2D eigenvalue weighted by Crippen LogP contribution is 2.36. The monoisotopic (exact) mass is 404 g/mol. The minimum Gasteiger partial charge on any atom is -0.345 e. The Hall–Kier alpha value is -2.41. The van der Waals surface area contributed by atoms with Crippen LogP contribution in [0.1, 0.15) is 53.2 Å². The fourth-order valence-corrected chi connectivity index (χ4v) is 4.38. The van der Waals surface area contributed by atoms with E-state index in [2.05, 4.69) is 10.0 Å². The van der Waals surface area contributed by atoms with Gasteiger partial charge in [-0.15, -0.1) is 0 Å². The van der Waals surface area contributed by atoms with Crippen LogP contribution in [0.5, 0.6) is 0 Å². The molecule has 2 aromatic carbocycles. The summed E-state index contributed by atoms with van der Waals surface area (Å²) in [6.07, 6.45) is 5.08. The van der Waals surface area contributed by atoms with Gasteiger partial charge in [-0.05, 0) is 49.4 Å². The summed E-state index contributed by atoms with van der Waals surface area (Å²) in [5.41, 5.74) is 1.89. The van der Waals surface area contributed by atoms with Gasteiger partial charge in [0.15, 0.2) is 0 Å². The molecule has 1 amide bonds. The van der Waals surface area contributed by atoms with Gasteiger partial charge in [-0.25, -0.2) is 12.8 Å². The van der Waals surface area contributed by atoms with E-state index in [1.165, 1.54) is 12.1 Å². The van der Waals surface area contributed by atoms with E-state index in [4.69, 9.17) is 0 Å². The lowest BCUT2D eigenvalue weighted by molar-refractivity contribution is 0.0921. The summed E-state index contributed by atoms with van der Waals surface area (Å²) in [6.45, 7) is 1.76. The average Bonchev–Trinajstić information content (AvgIpc) is 3.15. The molecule has 1 atom stereocenters. The highest BCUT2D eigenvalue weighted by molar-refractivity contribution is 7.92. The van der Waals surface area contributed by atoms with E-state index in [0.717, 1.165) is 31.9 Å². The Morgan fingerprint density at radius 2 is 1.82 bits per heavy atom. The van der Waals surface area contributed by atoms with E-state index in [1.54, 1.807) is 37.3 Å². The van der Waals surface area contributed by atoms with E-state index in [9.17, 15) is 17.6 Å². The maximum atomic E-state index is 14.4. The summed E-state index contributed by atoms with van der Waals surface area (Å²) in [5.74, 6) is -0.500. The summed E-state index contributed by atoms with van der Waals surface area (Å²) in [6, 6.07) is 11.0. The van der Waals surface area contributed by atoms with Crippen molar-refractivity contribution in [3.05, 3.63) is 65.0 Å². The molecule has 0 spiro atoms. The molecule has 0 aliphatic heterocycles. The summed E-state index contributed by atoms with van der Waals surface area (Å²) < 4.78 is 40.0. The Labute approximate surface area is 165 Å². The van der Waals surface area contributed by atoms with Gasteiger partial charge in [-0.1, -0.05) is 37.1 Å². The maximum absolute atomic E-state index is 14.4. The van der Waals surface area contributed by atoms with Crippen molar-refractivity contribution >= 4 is 21.6 Å². The zero-order valence-corrected chi connectivity index (χ0v) is 16.9. The number of hydrogen-bond donors (Lipinski definition) is 2. The number of carbonyl (C=O) groups excluding carboxylic acids is 1. The van der Waals surface area contributed by atoms with Gasteiger partial charge in [0.1, 0.15) is 5.82 Å². The minimum absolute atomic E-state index is 0.180. The van der Waals surface area contributed by atoms with Crippen molar-refractivity contribution in [2.45, 2.75) is 38.6 Å². The Morgan fingerprint density at radius 3 is 2.46 bits per heavy atom. The quantitative estimate of drug-likeness (QED) is 0.759. The molecule has 1 fully saturated rings. The largest absolute Gasteiger partial charge is 0.345 e. The van der Waals surface area contributed by atoms with Gasteiger partial charge in [-0.2, -0.15) is 0 Å². The van der Waals surface area contributed by atoms with Crippen molar-refractivity contribution in [3.8, 4) is 0 Å². The molecule has 1 aliphatic carbocycles. The molecule has 1 saturated carbocycles. The predicted octanol–water partition coefficient (Wildman–Crippen LogP) is 4.17. The second kappa shape index (κ2) is 8.31. The van der Waals surface area contributed by atoms with Gasteiger partial charge in [0.2, 0.25) is 10.0 Å². The van der Waals surface area contributed by atoms with Crippen LogP contribution in [-0.2, 0) is 10.0 Å². The summed E-state index contributed by atoms with van der Waals surface area (Å²) in [4.78, 5) is 12.9. The number of sulfonamides is 1. The van der Waals surface area contributed by atoms with Crippen LogP contribution < -0.4 is 10.0 Å². The molecule has 3 rings (SSSR count). The third-order valence-electron chi connectivity index (χ3n) is 5.19. The van der Waals surface area contributed by atoms with Crippen LogP contribution in [0.15, 0.2) is 42.5 Å². The Bertz CT molecular complexity index is 969. The molecule has 2 N–H and O–H groups in total. The Balaban J connectivity index is 1.88. The van der Waals surface area contributed by atoms with Gasteiger partial charge in [0.05, 0.1) is 18.0 Å². The highest BCUT2D eigenvalue weighted by Gasteiger charge is 2.29. The standard InChI is InChI=1S/C21H25FN2O3S/c1-14-11-12-16(13-19(14)24-28(2,26)27)21(25)23-20(15-7-3-4-8-15)17-9-5-6-10-18(17)22/h5-6,9-13,15,20,24H,3-4,7-8H2,1-2H3,(H,23,25). The fraction of sp³-hybridized carbons (Fsp3) is 0.381. The topological polar surface area (TPSA) is 75.3 Å². The molecular weight excluding hydrogens is 379 g/mol. The molecule has 7 heteroatoms. The number of rotatable bonds is 6. The number of halogens is 1. The molecule has 28 heavy (non-hydrogen) atoms. The number of hydrogen-bond acceptors (Lipinski definition) is 3. The van der Waals surface area contributed by atoms with Crippen molar-refractivity contribution in [2.24, 2.45) is 5.92 Å². The van der Waals surface area contributed by atoms with Crippen LogP contribution in [0.25, 0.3) is 0 Å². The molecule has 0 aromatic heterocycles. The van der Waals surface area contributed by atoms with Crippen molar-refractivity contribution in [3.63, 3.8) is 0 Å². The van der Waals surface area contributed by atoms with Crippen LogP contribution in [0, 0.1) is 18.7 Å². The number of carbonyl (C=O) groups is 1. The van der Waals surface area contributed by atoms with E-state index < -0.39 is 16.1 Å². The number of amides is 1. The lowest BCUT2D eigenvalue weighted by Gasteiger charge is -2.26. The molecule has 0 heterocycles. The van der Waals surface area contributed by atoms with Crippen LogP contribution >= 0.6 is 0 Å². The van der Waals surface area contributed by atoms with Crippen molar-refractivity contribution in [1.29, 1.82) is 0 Å². The van der Waals surface area contributed by atoms with E-state index in [0.29, 0.717) is 22.4 Å². The molecular formula is C21H25FN2O3S. The Kier molecular flexibility index (Phi) is 6.03. The van der Waals surface area contributed by atoms with Crippen molar-refractivity contribution in [2.75, 3.05) is 11.0 Å². The zero-order valence-electron chi connectivity index (χ0n) is 16.0. The summed E-state index contributed by atoms with van der Waals surface area (Å²) in [7, 11) is -3.46. The predicted molar refractivity (Wildman–Crippen MR) is 108 cm³/mol. The third kappa shape index (κ3) is 4.90. The molecule has 5 nitrogen and oxygen atoms in total. The normalized spacial score (nSPS) is 16.0. The van der Waals surface area contributed by atoms with Gasteiger partial charge < -0.3 is 5.32 Å². The van der Waals surface area contributed by atoms with Gasteiger partial charge >= 0.3 is 0 Å². The first-order valence-corrected chi connectivity index (χ1v) is 11.3. The van der Waals surface area contributed by atoms with E-state index in [-0.39, 0.29) is 17.6 Å². The minimum atomic E-state index is -3.46. The second-order valence-electron chi connectivity index (χ2n) is 7.42. The lowest BCUT2D eigenvalue weighted by Crippen LogP contribution is -2.33. The second-order valence-corrected chi connectivity index (χ2v) is 9.17. The van der Waals surface area contributed by atoms with Crippen LogP contribution in [0.4, 0.5) is 10.1 Å². The number of aryl methyl sites for hydroxylation is 1. The Morgan fingerprint density at radius 1 is 1.14 bits per heavy atom. The lowest BCUT2D eigenvalue weighted by atomic mass is 9.91. The molecule has 1 unspecified atom stereocenters. The van der Waals surface area contributed by atoms with Gasteiger partial charge in [-0.3, -0.25) is 9.52 Å². The molecule has 1 aliphatic rings. The highest BCUT2D eigenvalue weighted by atomic mass is 32.2. The number of nitrogens with one attached hydrogen (secondary N) is 2. The average molecular weight is 405 g/mol. The van der Waals surface area contributed by atoms with Gasteiger partial charge in [0.25, 0.3) is 5.91 Å². The molecule has 150 valence electrons. The smallest absolute Gasteiger partial charge is 0.251 e. The zero-order chi connectivity index (χ0) is 20.3. The first kappa shape index (κ1) is 20.3. The van der Waals surface area contributed by atoms with Crippen molar-refractivity contribution in [1.82, 2.24) is 5.32 Å².